The predicted molar refractivity (Wildman–Crippen MR) is 65.0 cm³/mol. The molecule has 1 aromatic rings. The van der Waals surface area contributed by atoms with Crippen LogP contribution in [0.5, 0.6) is 5.75 Å². The van der Waals surface area contributed by atoms with Crippen LogP contribution in [0, 0.1) is 5.82 Å². The summed E-state index contributed by atoms with van der Waals surface area (Å²) < 4.78 is 18.8. The highest BCUT2D eigenvalue weighted by Gasteiger charge is 2.40. The van der Waals surface area contributed by atoms with E-state index >= 15 is 0 Å². The third-order valence-electron chi connectivity index (χ3n) is 3.16. The molecule has 0 aliphatic carbocycles. The Morgan fingerprint density at radius 3 is 3.06 bits per heavy atom. The summed E-state index contributed by atoms with van der Waals surface area (Å²) in [5.41, 5.74) is -0.0590. The third kappa shape index (κ3) is 2.17. The van der Waals surface area contributed by atoms with Crippen LogP contribution in [-0.4, -0.2) is 22.7 Å². The minimum absolute atomic E-state index is 0.0720. The number of hydrogen-bond donors (Lipinski definition) is 1. The summed E-state index contributed by atoms with van der Waals surface area (Å²) in [5, 5.41) is 9.91. The van der Waals surface area contributed by atoms with E-state index < -0.39 is 11.7 Å². The zero-order chi connectivity index (χ0) is 12.5. The Balaban J connectivity index is 2.33. The lowest BCUT2D eigenvalue weighted by Crippen LogP contribution is -2.49. The number of benzene rings is 1. The van der Waals surface area contributed by atoms with Crippen molar-refractivity contribution < 1.29 is 14.2 Å². The van der Waals surface area contributed by atoms with Crippen LogP contribution in [0.4, 0.5) is 4.39 Å². The molecule has 1 aliphatic rings. The van der Waals surface area contributed by atoms with Gasteiger partial charge in [0.2, 0.25) is 0 Å². The van der Waals surface area contributed by atoms with Crippen molar-refractivity contribution in [2.75, 3.05) is 5.88 Å². The van der Waals surface area contributed by atoms with Gasteiger partial charge in [0.15, 0.2) is 5.60 Å². The number of ether oxygens (including phenoxy) is 1. The van der Waals surface area contributed by atoms with E-state index in [-0.39, 0.29) is 11.7 Å². The van der Waals surface area contributed by atoms with E-state index in [4.69, 9.17) is 16.3 Å². The van der Waals surface area contributed by atoms with Crippen LogP contribution in [-0.2, 0) is 6.42 Å². The molecule has 92 valence electrons. The van der Waals surface area contributed by atoms with Crippen molar-refractivity contribution in [3.8, 4) is 5.75 Å². The topological polar surface area (TPSA) is 29.5 Å². The Kier molecular flexibility index (Phi) is 3.40. The minimum Gasteiger partial charge on any atom is -0.480 e. The standard InChI is InChI=1S/C13H14ClFO2/c1-2-13(12(16)8-14)6-5-9-7-10(15)3-4-11(9)17-13/h2-4,7,12,16H,1,5-6,8H2/t12?,13-/m1/s1. The van der Waals surface area contributed by atoms with Gasteiger partial charge in [-0.1, -0.05) is 6.58 Å². The summed E-state index contributed by atoms with van der Waals surface area (Å²) in [6, 6.07) is 4.36. The zero-order valence-corrected chi connectivity index (χ0v) is 10.1. The summed E-state index contributed by atoms with van der Waals surface area (Å²) in [6.45, 7) is 3.70. The Bertz CT molecular complexity index is 435. The molecule has 0 bridgehead atoms. The van der Waals surface area contributed by atoms with Crippen molar-refractivity contribution in [3.05, 3.63) is 42.2 Å². The Hall–Kier alpha value is -1.06. The summed E-state index contributed by atoms with van der Waals surface area (Å²) in [7, 11) is 0. The van der Waals surface area contributed by atoms with Crippen LogP contribution < -0.4 is 4.74 Å². The van der Waals surface area contributed by atoms with Gasteiger partial charge in [0, 0.05) is 0 Å². The number of aliphatic hydroxyl groups excluding tert-OH is 1. The fourth-order valence-corrected chi connectivity index (χ4v) is 2.33. The molecule has 0 saturated carbocycles. The van der Waals surface area contributed by atoms with Gasteiger partial charge >= 0.3 is 0 Å². The highest BCUT2D eigenvalue weighted by atomic mass is 35.5. The van der Waals surface area contributed by atoms with Gasteiger partial charge < -0.3 is 9.84 Å². The second-order valence-electron chi connectivity index (χ2n) is 4.18. The van der Waals surface area contributed by atoms with Crippen molar-refractivity contribution >= 4 is 11.6 Å². The smallest absolute Gasteiger partial charge is 0.154 e. The first-order valence-electron chi connectivity index (χ1n) is 5.46. The Morgan fingerprint density at radius 2 is 2.41 bits per heavy atom. The first kappa shape index (κ1) is 12.4. The highest BCUT2D eigenvalue weighted by Crippen LogP contribution is 2.36. The number of alkyl halides is 1. The monoisotopic (exact) mass is 256 g/mol. The number of fused-ring (bicyclic) bond motifs is 1. The molecular weight excluding hydrogens is 243 g/mol. The quantitative estimate of drug-likeness (QED) is 0.666. The molecule has 0 fully saturated rings. The van der Waals surface area contributed by atoms with E-state index in [1.54, 1.807) is 12.1 Å². The molecule has 1 unspecified atom stereocenters. The SMILES string of the molecule is C=C[C@]1(C(O)CCl)CCc2cc(F)ccc2O1. The van der Waals surface area contributed by atoms with Crippen LogP contribution in [0.2, 0.25) is 0 Å². The van der Waals surface area contributed by atoms with Crippen LogP contribution in [0.3, 0.4) is 0 Å². The van der Waals surface area contributed by atoms with Crippen molar-refractivity contribution in [3.63, 3.8) is 0 Å². The molecule has 0 aromatic heterocycles. The van der Waals surface area contributed by atoms with Crippen LogP contribution in [0.1, 0.15) is 12.0 Å². The molecule has 2 nitrogen and oxygen atoms in total. The number of aliphatic hydroxyl groups is 1. The van der Waals surface area contributed by atoms with Gasteiger partial charge in [0.05, 0.1) is 5.88 Å². The van der Waals surface area contributed by atoms with E-state index in [0.717, 1.165) is 5.56 Å². The average Bonchev–Trinajstić information content (AvgIpc) is 2.37. The first-order chi connectivity index (χ1) is 8.11. The second kappa shape index (κ2) is 4.67. The molecule has 4 heteroatoms. The lowest BCUT2D eigenvalue weighted by atomic mass is 9.87. The third-order valence-corrected chi connectivity index (χ3v) is 3.46. The molecule has 0 spiro atoms. The molecule has 2 atom stereocenters. The number of aryl methyl sites for hydroxylation is 1. The van der Waals surface area contributed by atoms with Crippen molar-refractivity contribution in [1.29, 1.82) is 0 Å². The highest BCUT2D eigenvalue weighted by molar-refractivity contribution is 6.18. The van der Waals surface area contributed by atoms with Crippen molar-refractivity contribution in [2.45, 2.75) is 24.5 Å². The fraction of sp³-hybridized carbons (Fsp3) is 0.385. The summed E-state index contributed by atoms with van der Waals surface area (Å²) in [6.07, 6.45) is 1.93. The molecule has 1 aromatic carbocycles. The van der Waals surface area contributed by atoms with Crippen LogP contribution in [0.25, 0.3) is 0 Å². The lowest BCUT2D eigenvalue weighted by Gasteiger charge is -2.39. The van der Waals surface area contributed by atoms with Gasteiger partial charge in [-0.3, -0.25) is 0 Å². The second-order valence-corrected chi connectivity index (χ2v) is 4.49. The Morgan fingerprint density at radius 1 is 1.65 bits per heavy atom. The van der Waals surface area contributed by atoms with E-state index in [2.05, 4.69) is 6.58 Å². The minimum atomic E-state index is -0.868. The van der Waals surface area contributed by atoms with Gasteiger partial charge in [-0.05, 0) is 42.7 Å². The molecule has 2 rings (SSSR count). The van der Waals surface area contributed by atoms with Crippen molar-refractivity contribution in [1.82, 2.24) is 0 Å². The molecule has 17 heavy (non-hydrogen) atoms. The maximum absolute atomic E-state index is 13.0. The van der Waals surface area contributed by atoms with E-state index in [9.17, 15) is 9.50 Å². The molecule has 0 amide bonds. The maximum Gasteiger partial charge on any atom is 0.154 e. The zero-order valence-electron chi connectivity index (χ0n) is 9.33. The molecule has 1 N–H and O–H groups in total. The Labute approximate surface area is 105 Å². The van der Waals surface area contributed by atoms with Gasteiger partial charge in [-0.2, -0.15) is 0 Å². The van der Waals surface area contributed by atoms with Gasteiger partial charge in [0.1, 0.15) is 17.7 Å². The number of halogens is 2. The van der Waals surface area contributed by atoms with Gasteiger partial charge in [-0.25, -0.2) is 4.39 Å². The molecule has 1 heterocycles. The van der Waals surface area contributed by atoms with E-state index in [0.29, 0.717) is 18.6 Å². The van der Waals surface area contributed by atoms with Crippen molar-refractivity contribution in [2.24, 2.45) is 0 Å². The van der Waals surface area contributed by atoms with Gasteiger partial charge in [-0.15, -0.1) is 11.6 Å². The molecule has 0 radical (unpaired) electrons. The van der Waals surface area contributed by atoms with E-state index in [1.165, 1.54) is 12.1 Å². The average molecular weight is 257 g/mol. The molecule has 1 aliphatic heterocycles. The van der Waals surface area contributed by atoms with E-state index in [1.807, 2.05) is 0 Å². The normalized spacial score (nSPS) is 24.6. The first-order valence-corrected chi connectivity index (χ1v) is 6.00. The van der Waals surface area contributed by atoms with Gasteiger partial charge in [0.25, 0.3) is 0 Å². The molecule has 0 saturated heterocycles. The summed E-state index contributed by atoms with van der Waals surface area (Å²) in [5.74, 6) is 0.376. The maximum atomic E-state index is 13.0. The molecular formula is C13H14ClFO2. The fourth-order valence-electron chi connectivity index (χ4n) is 2.07. The van der Waals surface area contributed by atoms with Crippen LogP contribution >= 0.6 is 11.6 Å². The largest absolute Gasteiger partial charge is 0.480 e. The summed E-state index contributed by atoms with van der Waals surface area (Å²) >= 11 is 5.67. The number of hydrogen-bond acceptors (Lipinski definition) is 2. The predicted octanol–water partition coefficient (Wildman–Crippen LogP) is 2.68. The number of rotatable bonds is 3. The van der Waals surface area contributed by atoms with Crippen LogP contribution in [0.15, 0.2) is 30.9 Å². The summed E-state index contributed by atoms with van der Waals surface area (Å²) in [4.78, 5) is 0. The lowest BCUT2D eigenvalue weighted by molar-refractivity contribution is -0.0208.